The van der Waals surface area contributed by atoms with Crippen LogP contribution in [0.3, 0.4) is 0 Å². The molecule has 0 spiro atoms. The standard InChI is InChI=1S/C29H38N4O5S/c1-19-9-8-10-23(20(19)2)25(26(34)31-21-11-13-22(37-6)14-12-21)33(17-16-30)27(35)24(15-18-39-7)32-28(36)38-29(3,4)5/h8-14,24-25H,15,17-18H2,1-7H3,(H,31,34)(H,32,36). The molecule has 0 heterocycles. The van der Waals surface area contributed by atoms with Gasteiger partial charge in [-0.2, -0.15) is 17.0 Å². The number of nitrogens with one attached hydrogen (secondary N) is 2. The summed E-state index contributed by atoms with van der Waals surface area (Å²) < 4.78 is 10.6. The second kappa shape index (κ2) is 14.4. The van der Waals surface area contributed by atoms with Gasteiger partial charge in [0.2, 0.25) is 5.91 Å². The van der Waals surface area contributed by atoms with Crippen molar-refractivity contribution >= 4 is 35.4 Å². The number of alkyl carbamates (subject to hydrolysis) is 1. The number of hydrogen-bond donors (Lipinski definition) is 2. The fraction of sp³-hybridized carbons (Fsp3) is 0.448. The topological polar surface area (TPSA) is 121 Å². The average Bonchev–Trinajstić information content (AvgIpc) is 2.87. The molecular formula is C29H38N4O5S. The summed E-state index contributed by atoms with van der Waals surface area (Å²) in [6.07, 6.45) is 1.44. The summed E-state index contributed by atoms with van der Waals surface area (Å²) in [6, 6.07) is 12.2. The Morgan fingerprint density at radius 2 is 1.77 bits per heavy atom. The highest BCUT2D eigenvalue weighted by Gasteiger charge is 2.37. The molecule has 9 nitrogen and oxygen atoms in total. The summed E-state index contributed by atoms with van der Waals surface area (Å²) in [6.45, 7) is 8.61. The Labute approximate surface area is 235 Å². The average molecular weight is 555 g/mol. The van der Waals surface area contributed by atoms with Gasteiger partial charge in [0.15, 0.2) is 0 Å². The van der Waals surface area contributed by atoms with Crippen LogP contribution in [0.25, 0.3) is 0 Å². The molecule has 10 heteroatoms. The summed E-state index contributed by atoms with van der Waals surface area (Å²) in [5.41, 5.74) is 2.09. The Balaban J connectivity index is 2.53. The first-order valence-electron chi connectivity index (χ1n) is 12.6. The van der Waals surface area contributed by atoms with Gasteiger partial charge in [-0.3, -0.25) is 9.59 Å². The Morgan fingerprint density at radius 3 is 2.33 bits per heavy atom. The van der Waals surface area contributed by atoms with E-state index >= 15 is 0 Å². The number of nitrogens with zero attached hydrogens (tertiary/aromatic N) is 2. The molecule has 0 aromatic heterocycles. The number of nitriles is 1. The number of amides is 3. The minimum Gasteiger partial charge on any atom is -0.497 e. The van der Waals surface area contributed by atoms with E-state index in [1.54, 1.807) is 58.2 Å². The molecule has 2 atom stereocenters. The molecule has 3 amide bonds. The minimum absolute atomic E-state index is 0.292. The van der Waals surface area contributed by atoms with Crippen molar-refractivity contribution in [3.63, 3.8) is 0 Å². The molecule has 2 aromatic carbocycles. The predicted molar refractivity (Wildman–Crippen MR) is 154 cm³/mol. The third-order valence-electron chi connectivity index (χ3n) is 5.98. The van der Waals surface area contributed by atoms with Crippen molar-refractivity contribution in [1.29, 1.82) is 5.26 Å². The Bertz CT molecular complexity index is 1190. The fourth-order valence-corrected chi connectivity index (χ4v) is 4.39. The number of rotatable bonds is 11. The van der Waals surface area contributed by atoms with Crippen LogP contribution in [0.4, 0.5) is 10.5 Å². The van der Waals surface area contributed by atoms with Crippen molar-refractivity contribution in [3.8, 4) is 11.8 Å². The van der Waals surface area contributed by atoms with Gasteiger partial charge in [0.1, 0.15) is 30.0 Å². The van der Waals surface area contributed by atoms with E-state index in [-0.39, 0.29) is 6.54 Å². The molecule has 0 aliphatic rings. The van der Waals surface area contributed by atoms with Crippen LogP contribution in [0.2, 0.25) is 0 Å². The molecule has 210 valence electrons. The van der Waals surface area contributed by atoms with Crippen molar-refractivity contribution < 1.29 is 23.9 Å². The second-order valence-corrected chi connectivity index (χ2v) is 11.0. The van der Waals surface area contributed by atoms with Crippen molar-refractivity contribution in [3.05, 3.63) is 59.2 Å². The first kappa shape index (κ1) is 31.5. The molecule has 2 rings (SSSR count). The van der Waals surface area contributed by atoms with E-state index in [2.05, 4.69) is 10.6 Å². The third kappa shape index (κ3) is 9.21. The van der Waals surface area contributed by atoms with E-state index in [1.807, 2.05) is 38.3 Å². The maximum absolute atomic E-state index is 14.0. The number of methoxy groups -OCH3 is 1. The van der Waals surface area contributed by atoms with Crippen molar-refractivity contribution in [2.45, 2.75) is 58.7 Å². The van der Waals surface area contributed by atoms with Crippen LogP contribution in [0.15, 0.2) is 42.5 Å². The maximum atomic E-state index is 14.0. The lowest BCUT2D eigenvalue weighted by Gasteiger charge is -2.33. The SMILES string of the molecule is COc1ccc(NC(=O)C(c2cccc(C)c2C)N(CC#N)C(=O)C(CCSC)NC(=O)OC(C)(C)C)cc1. The van der Waals surface area contributed by atoms with Crippen LogP contribution >= 0.6 is 11.8 Å². The zero-order valence-electron chi connectivity index (χ0n) is 23.7. The summed E-state index contributed by atoms with van der Waals surface area (Å²) in [5.74, 6) is 0.162. The van der Waals surface area contributed by atoms with Gasteiger partial charge in [0.25, 0.3) is 5.91 Å². The van der Waals surface area contributed by atoms with Crippen LogP contribution in [0, 0.1) is 25.2 Å². The van der Waals surface area contributed by atoms with Crippen molar-refractivity contribution in [2.75, 3.05) is 31.0 Å². The smallest absolute Gasteiger partial charge is 0.408 e. The number of ether oxygens (including phenoxy) is 2. The van der Waals surface area contributed by atoms with Gasteiger partial charge in [-0.25, -0.2) is 4.79 Å². The van der Waals surface area contributed by atoms with E-state index in [0.29, 0.717) is 29.2 Å². The molecule has 0 aliphatic carbocycles. The molecule has 2 unspecified atom stereocenters. The molecule has 0 saturated heterocycles. The lowest BCUT2D eigenvalue weighted by atomic mass is 9.95. The normalized spacial score (nSPS) is 12.5. The van der Waals surface area contributed by atoms with Crippen molar-refractivity contribution in [1.82, 2.24) is 10.2 Å². The fourth-order valence-electron chi connectivity index (χ4n) is 3.92. The lowest BCUT2D eigenvalue weighted by Crippen LogP contribution is -2.52. The van der Waals surface area contributed by atoms with Gasteiger partial charge in [-0.05, 0) is 94.0 Å². The number of carbonyl (C=O) groups is 3. The van der Waals surface area contributed by atoms with Crippen LogP contribution in [0.5, 0.6) is 5.75 Å². The highest BCUT2D eigenvalue weighted by Crippen LogP contribution is 2.29. The van der Waals surface area contributed by atoms with Gasteiger partial charge < -0.3 is 25.0 Å². The highest BCUT2D eigenvalue weighted by atomic mass is 32.2. The van der Waals surface area contributed by atoms with Gasteiger partial charge in [-0.15, -0.1) is 0 Å². The Hall–Kier alpha value is -3.71. The lowest BCUT2D eigenvalue weighted by molar-refractivity contribution is -0.140. The van der Waals surface area contributed by atoms with Gasteiger partial charge in [-0.1, -0.05) is 18.2 Å². The number of anilines is 1. The predicted octanol–water partition coefficient (Wildman–Crippen LogP) is 4.99. The molecule has 0 bridgehead atoms. The van der Waals surface area contributed by atoms with E-state index < -0.39 is 35.6 Å². The molecule has 0 saturated carbocycles. The Kier molecular flexibility index (Phi) is 11.7. The van der Waals surface area contributed by atoms with Gasteiger partial charge in [0.05, 0.1) is 13.2 Å². The number of hydrogen-bond acceptors (Lipinski definition) is 7. The van der Waals surface area contributed by atoms with Crippen LogP contribution in [-0.4, -0.2) is 60.1 Å². The number of thioether (sulfide) groups is 1. The highest BCUT2D eigenvalue weighted by molar-refractivity contribution is 7.98. The third-order valence-corrected chi connectivity index (χ3v) is 6.63. The summed E-state index contributed by atoms with van der Waals surface area (Å²) >= 11 is 1.52. The van der Waals surface area contributed by atoms with Crippen LogP contribution < -0.4 is 15.4 Å². The second-order valence-electron chi connectivity index (χ2n) is 10.0. The van der Waals surface area contributed by atoms with E-state index in [1.165, 1.54) is 16.7 Å². The van der Waals surface area contributed by atoms with E-state index in [0.717, 1.165) is 11.1 Å². The molecule has 39 heavy (non-hydrogen) atoms. The molecule has 0 fully saturated rings. The maximum Gasteiger partial charge on any atom is 0.408 e. The van der Waals surface area contributed by atoms with Gasteiger partial charge in [0, 0.05) is 5.69 Å². The first-order chi connectivity index (χ1) is 18.4. The largest absolute Gasteiger partial charge is 0.497 e. The van der Waals surface area contributed by atoms with Crippen LogP contribution in [-0.2, 0) is 14.3 Å². The number of aryl methyl sites for hydroxylation is 1. The Morgan fingerprint density at radius 1 is 1.10 bits per heavy atom. The minimum atomic E-state index is -1.13. The number of carbonyl (C=O) groups excluding carboxylic acids is 3. The van der Waals surface area contributed by atoms with Crippen LogP contribution in [0.1, 0.15) is 49.9 Å². The first-order valence-corrected chi connectivity index (χ1v) is 14.0. The van der Waals surface area contributed by atoms with Gasteiger partial charge >= 0.3 is 6.09 Å². The molecule has 0 aliphatic heterocycles. The van der Waals surface area contributed by atoms with E-state index in [9.17, 15) is 19.6 Å². The quantitative estimate of drug-likeness (QED) is 0.375. The molecule has 0 radical (unpaired) electrons. The summed E-state index contributed by atoms with van der Waals surface area (Å²) in [4.78, 5) is 41.7. The summed E-state index contributed by atoms with van der Waals surface area (Å²) in [7, 11) is 1.55. The molecule has 2 aromatic rings. The number of benzene rings is 2. The van der Waals surface area contributed by atoms with E-state index in [4.69, 9.17) is 9.47 Å². The molecule has 2 N–H and O–H groups in total. The zero-order valence-corrected chi connectivity index (χ0v) is 24.5. The zero-order chi connectivity index (χ0) is 29.2. The summed E-state index contributed by atoms with van der Waals surface area (Å²) in [5, 5.41) is 15.3. The van der Waals surface area contributed by atoms with Crippen molar-refractivity contribution in [2.24, 2.45) is 0 Å². The molecular weight excluding hydrogens is 516 g/mol. The monoisotopic (exact) mass is 554 g/mol.